The van der Waals surface area contributed by atoms with Crippen molar-refractivity contribution in [2.75, 3.05) is 24.5 Å². The molecule has 0 aliphatic carbocycles. The second-order valence-corrected chi connectivity index (χ2v) is 2.81. The van der Waals surface area contributed by atoms with E-state index in [0.29, 0.717) is 18.9 Å². The second-order valence-electron chi connectivity index (χ2n) is 2.81. The van der Waals surface area contributed by atoms with E-state index in [1.54, 1.807) is 24.4 Å². The maximum absolute atomic E-state index is 12.2. The first kappa shape index (κ1) is 10.8. The smallest absolute Gasteiger partial charge is 0.255 e. The molecule has 0 radical (unpaired) electrons. The molecule has 3 nitrogen and oxygen atoms in total. The topological polar surface area (TPSA) is 42.1 Å². The van der Waals surface area contributed by atoms with Gasteiger partial charge in [-0.15, -0.1) is 0 Å². The summed E-state index contributed by atoms with van der Waals surface area (Å²) in [6, 6.07) is 5.20. The molecule has 1 aromatic rings. The highest BCUT2D eigenvalue weighted by Gasteiger charge is 2.12. The molecule has 1 aromatic heterocycles. The first-order chi connectivity index (χ1) is 6.74. The van der Waals surface area contributed by atoms with E-state index >= 15 is 0 Å². The zero-order chi connectivity index (χ0) is 10.4. The summed E-state index contributed by atoms with van der Waals surface area (Å²) >= 11 is 0. The molecule has 0 bridgehead atoms. The van der Waals surface area contributed by atoms with Crippen LogP contribution in [0.3, 0.4) is 0 Å². The Labute approximate surface area is 81.5 Å². The molecule has 1 rings (SSSR count). The molecule has 14 heavy (non-hydrogen) atoms. The fourth-order valence-electron chi connectivity index (χ4n) is 1.16. The van der Waals surface area contributed by atoms with E-state index in [-0.39, 0.29) is 6.54 Å². The summed E-state index contributed by atoms with van der Waals surface area (Å²) in [5.74, 6) is 0.540. The Bertz CT molecular complexity index is 253. The standard InChI is InChI=1S/C9H13F2N3/c10-8(11)7-14(6-4-12)9-3-1-2-5-13-9/h1-3,5,8H,4,6-7,12H2. The Kier molecular flexibility index (Phi) is 4.25. The van der Waals surface area contributed by atoms with Gasteiger partial charge in [0.15, 0.2) is 0 Å². The highest BCUT2D eigenvalue weighted by Crippen LogP contribution is 2.10. The fourth-order valence-corrected chi connectivity index (χ4v) is 1.16. The number of anilines is 1. The largest absolute Gasteiger partial charge is 0.350 e. The third kappa shape index (κ3) is 3.26. The van der Waals surface area contributed by atoms with Crippen molar-refractivity contribution in [2.45, 2.75) is 6.43 Å². The van der Waals surface area contributed by atoms with Gasteiger partial charge >= 0.3 is 0 Å². The summed E-state index contributed by atoms with van der Waals surface area (Å²) in [5, 5.41) is 0. The average Bonchev–Trinajstić information content (AvgIpc) is 2.18. The van der Waals surface area contributed by atoms with Crippen LogP contribution < -0.4 is 10.6 Å². The van der Waals surface area contributed by atoms with Gasteiger partial charge in [0.05, 0.1) is 6.54 Å². The lowest BCUT2D eigenvalue weighted by atomic mass is 10.4. The van der Waals surface area contributed by atoms with Crippen molar-refractivity contribution in [3.05, 3.63) is 24.4 Å². The third-order valence-corrected chi connectivity index (χ3v) is 1.73. The number of pyridine rings is 1. The monoisotopic (exact) mass is 201 g/mol. The van der Waals surface area contributed by atoms with Gasteiger partial charge < -0.3 is 10.6 Å². The molecule has 0 aliphatic heterocycles. The van der Waals surface area contributed by atoms with Crippen molar-refractivity contribution in [1.82, 2.24) is 4.98 Å². The Morgan fingerprint density at radius 3 is 2.71 bits per heavy atom. The Morgan fingerprint density at radius 2 is 2.21 bits per heavy atom. The molecular weight excluding hydrogens is 188 g/mol. The molecule has 0 aromatic carbocycles. The van der Waals surface area contributed by atoms with E-state index in [1.165, 1.54) is 4.90 Å². The van der Waals surface area contributed by atoms with Crippen LogP contribution >= 0.6 is 0 Å². The molecule has 0 amide bonds. The summed E-state index contributed by atoms with van der Waals surface area (Å²) in [6.45, 7) is 0.402. The van der Waals surface area contributed by atoms with Gasteiger partial charge in [-0.2, -0.15) is 0 Å². The number of alkyl halides is 2. The zero-order valence-electron chi connectivity index (χ0n) is 7.74. The third-order valence-electron chi connectivity index (χ3n) is 1.73. The highest BCUT2D eigenvalue weighted by molar-refractivity contribution is 5.37. The maximum atomic E-state index is 12.2. The summed E-state index contributed by atoms with van der Waals surface area (Å²) < 4.78 is 24.4. The van der Waals surface area contributed by atoms with Crippen molar-refractivity contribution >= 4 is 5.82 Å². The minimum Gasteiger partial charge on any atom is -0.350 e. The summed E-state index contributed by atoms with van der Waals surface area (Å²) in [6.07, 6.45) is -0.798. The van der Waals surface area contributed by atoms with Gasteiger partial charge in [-0.25, -0.2) is 13.8 Å². The van der Waals surface area contributed by atoms with Gasteiger partial charge in [-0.1, -0.05) is 6.07 Å². The number of aromatic nitrogens is 1. The van der Waals surface area contributed by atoms with Gasteiger partial charge in [0.2, 0.25) is 0 Å². The van der Waals surface area contributed by atoms with Crippen molar-refractivity contribution < 1.29 is 8.78 Å². The lowest BCUT2D eigenvalue weighted by Crippen LogP contribution is -2.34. The lowest BCUT2D eigenvalue weighted by Gasteiger charge is -2.22. The van der Waals surface area contributed by atoms with Gasteiger partial charge in [-0.3, -0.25) is 0 Å². The lowest BCUT2D eigenvalue weighted by molar-refractivity contribution is 0.155. The number of hydrogen-bond donors (Lipinski definition) is 1. The number of hydrogen-bond acceptors (Lipinski definition) is 3. The van der Waals surface area contributed by atoms with Crippen LogP contribution in [0.4, 0.5) is 14.6 Å². The van der Waals surface area contributed by atoms with Gasteiger partial charge in [-0.05, 0) is 12.1 Å². The van der Waals surface area contributed by atoms with E-state index in [2.05, 4.69) is 4.98 Å². The van der Waals surface area contributed by atoms with Crippen molar-refractivity contribution in [3.8, 4) is 0 Å². The zero-order valence-corrected chi connectivity index (χ0v) is 7.74. The molecule has 0 aliphatic rings. The minimum atomic E-state index is -2.37. The van der Waals surface area contributed by atoms with E-state index < -0.39 is 6.43 Å². The molecular formula is C9H13F2N3. The van der Waals surface area contributed by atoms with E-state index in [9.17, 15) is 8.78 Å². The minimum absolute atomic E-state index is 0.325. The van der Waals surface area contributed by atoms with Gasteiger partial charge in [0.1, 0.15) is 5.82 Å². The molecule has 0 saturated heterocycles. The van der Waals surface area contributed by atoms with E-state index in [0.717, 1.165) is 0 Å². The number of halogens is 2. The Hall–Kier alpha value is -1.23. The van der Waals surface area contributed by atoms with Crippen molar-refractivity contribution in [3.63, 3.8) is 0 Å². The number of nitrogens with two attached hydrogens (primary N) is 1. The van der Waals surface area contributed by atoms with Crippen LogP contribution in [0.2, 0.25) is 0 Å². The van der Waals surface area contributed by atoms with Gasteiger partial charge in [0.25, 0.3) is 6.43 Å². The summed E-state index contributed by atoms with van der Waals surface area (Å²) in [7, 11) is 0. The van der Waals surface area contributed by atoms with E-state index in [1.807, 2.05) is 0 Å². The predicted molar refractivity (Wildman–Crippen MR) is 51.5 cm³/mol. The molecule has 0 unspecified atom stereocenters. The molecule has 0 fully saturated rings. The van der Waals surface area contributed by atoms with E-state index in [4.69, 9.17) is 5.73 Å². The quantitative estimate of drug-likeness (QED) is 0.776. The van der Waals surface area contributed by atoms with Crippen LogP contribution in [0.5, 0.6) is 0 Å². The van der Waals surface area contributed by atoms with Crippen LogP contribution in [0.1, 0.15) is 0 Å². The molecule has 78 valence electrons. The molecule has 0 spiro atoms. The van der Waals surface area contributed by atoms with Crippen LogP contribution in [0.25, 0.3) is 0 Å². The first-order valence-corrected chi connectivity index (χ1v) is 4.38. The molecule has 5 heteroatoms. The summed E-state index contributed by atoms with van der Waals surface area (Å²) in [4.78, 5) is 5.46. The Morgan fingerprint density at radius 1 is 1.43 bits per heavy atom. The van der Waals surface area contributed by atoms with Crippen LogP contribution in [0.15, 0.2) is 24.4 Å². The van der Waals surface area contributed by atoms with Crippen LogP contribution in [-0.2, 0) is 0 Å². The first-order valence-electron chi connectivity index (χ1n) is 4.38. The fraction of sp³-hybridized carbons (Fsp3) is 0.444. The maximum Gasteiger partial charge on any atom is 0.255 e. The second kappa shape index (κ2) is 5.49. The van der Waals surface area contributed by atoms with Gasteiger partial charge in [0, 0.05) is 19.3 Å². The van der Waals surface area contributed by atoms with Crippen LogP contribution in [-0.4, -0.2) is 31.0 Å². The number of rotatable bonds is 5. The average molecular weight is 201 g/mol. The molecule has 2 N–H and O–H groups in total. The summed E-state index contributed by atoms with van der Waals surface area (Å²) in [5.41, 5.74) is 5.33. The van der Waals surface area contributed by atoms with Crippen molar-refractivity contribution in [1.29, 1.82) is 0 Å². The normalized spacial score (nSPS) is 10.6. The molecule has 0 saturated carbocycles. The predicted octanol–water partition coefficient (Wildman–Crippen LogP) is 1.11. The Balaban J connectivity index is 2.67. The molecule has 0 atom stereocenters. The van der Waals surface area contributed by atoms with Crippen molar-refractivity contribution in [2.24, 2.45) is 5.73 Å². The van der Waals surface area contributed by atoms with Crippen LogP contribution in [0, 0.1) is 0 Å². The molecule has 1 heterocycles. The highest BCUT2D eigenvalue weighted by atomic mass is 19.3. The number of nitrogens with zero attached hydrogens (tertiary/aromatic N) is 2. The SMILES string of the molecule is NCCN(CC(F)F)c1ccccn1.